The zero-order valence-electron chi connectivity index (χ0n) is 32.1. The lowest BCUT2D eigenvalue weighted by Crippen LogP contribution is -2.17. The van der Waals surface area contributed by atoms with Crippen LogP contribution in [0.2, 0.25) is 0 Å². The van der Waals surface area contributed by atoms with Gasteiger partial charge in [0.15, 0.2) is 0 Å². The Kier molecular flexibility index (Phi) is 6.23. The molecule has 12 aromatic rings. The fourth-order valence-electron chi connectivity index (χ4n) is 10.7. The third kappa shape index (κ3) is 4.02. The third-order valence-corrected chi connectivity index (χ3v) is 13.1. The quantitative estimate of drug-likeness (QED) is 0.165. The van der Waals surface area contributed by atoms with Gasteiger partial charge in [-0.1, -0.05) is 184 Å². The largest absolute Gasteiger partial charge is 0.277 e. The van der Waals surface area contributed by atoms with Crippen LogP contribution in [0, 0.1) is 0 Å². The highest BCUT2D eigenvalue weighted by molar-refractivity contribution is 6.42. The molecule has 0 aliphatic heterocycles. The Labute approximate surface area is 334 Å². The minimum atomic E-state index is -0.284. The SMILES string of the molecule is CC1(C)c2ccccc2-c2ccc3c4c5ccccc5c5c6ccccc6c6ccccc6c5c4n(-c4nc(-c5ccccc5)c5c(ccc6ccccc65)n4)c3c21. The molecule has 0 amide bonds. The van der Waals surface area contributed by atoms with Crippen molar-refractivity contribution < 1.29 is 0 Å². The normalized spacial score (nSPS) is 13.5. The number of fused-ring (bicyclic) bond motifs is 20. The minimum Gasteiger partial charge on any atom is -0.277 e. The lowest BCUT2D eigenvalue weighted by Gasteiger charge is -2.23. The number of benzene rings is 10. The minimum absolute atomic E-state index is 0.284. The molecule has 0 atom stereocenters. The van der Waals surface area contributed by atoms with E-state index in [9.17, 15) is 0 Å². The van der Waals surface area contributed by atoms with E-state index in [-0.39, 0.29) is 5.41 Å². The molecule has 0 N–H and O–H groups in total. The topological polar surface area (TPSA) is 30.7 Å². The van der Waals surface area contributed by atoms with E-state index in [4.69, 9.17) is 9.97 Å². The second kappa shape index (κ2) is 11.4. The molecular formula is C55H35N3. The maximum atomic E-state index is 5.77. The first-order valence-electron chi connectivity index (χ1n) is 20.2. The number of nitrogens with zero attached hydrogens (tertiary/aromatic N) is 3. The fraction of sp³-hybridized carbons (Fsp3) is 0.0545. The standard InChI is InChI=1S/C55H35N3/c1-55(2)44-27-15-14-22-37(44)42-29-30-43-47-41-26-13-12-25-40(41)46-38-23-10-8-20-35(38)36-21-9-11-24-39(36)49(46)53(47)58(52(43)50(42)55)54-56-45-31-28-32-16-6-7-19-34(32)48(45)51(57-54)33-17-4-3-5-18-33/h3-31H,1-2H3. The Bertz CT molecular complexity index is 3760. The van der Waals surface area contributed by atoms with E-state index in [1.165, 1.54) is 87.0 Å². The third-order valence-electron chi connectivity index (χ3n) is 13.1. The van der Waals surface area contributed by atoms with Gasteiger partial charge < -0.3 is 0 Å². The van der Waals surface area contributed by atoms with Crippen molar-refractivity contribution in [3.8, 4) is 28.3 Å². The number of aromatic nitrogens is 3. The first-order chi connectivity index (χ1) is 28.6. The predicted molar refractivity (Wildman–Crippen MR) is 244 cm³/mol. The molecule has 0 saturated carbocycles. The molecule has 58 heavy (non-hydrogen) atoms. The van der Waals surface area contributed by atoms with Gasteiger partial charge in [-0.2, -0.15) is 0 Å². The average molecular weight is 738 g/mol. The zero-order valence-corrected chi connectivity index (χ0v) is 32.1. The van der Waals surface area contributed by atoms with Crippen LogP contribution in [0.1, 0.15) is 25.0 Å². The van der Waals surface area contributed by atoms with Crippen molar-refractivity contribution in [1.82, 2.24) is 14.5 Å². The first-order valence-corrected chi connectivity index (χ1v) is 20.2. The molecule has 0 radical (unpaired) electrons. The highest BCUT2D eigenvalue weighted by Gasteiger charge is 2.39. The molecule has 3 heteroatoms. The van der Waals surface area contributed by atoms with Crippen LogP contribution in [-0.4, -0.2) is 14.5 Å². The van der Waals surface area contributed by atoms with Gasteiger partial charge in [-0.25, -0.2) is 9.97 Å². The molecule has 0 bridgehead atoms. The molecule has 0 fully saturated rings. The second-order valence-electron chi connectivity index (χ2n) is 16.4. The molecule has 3 nitrogen and oxygen atoms in total. The van der Waals surface area contributed by atoms with E-state index in [0.717, 1.165) is 33.1 Å². The van der Waals surface area contributed by atoms with Crippen LogP contribution >= 0.6 is 0 Å². The van der Waals surface area contributed by atoms with Crippen LogP contribution in [0.4, 0.5) is 0 Å². The molecule has 0 unspecified atom stereocenters. The van der Waals surface area contributed by atoms with Crippen molar-refractivity contribution in [3.05, 3.63) is 187 Å². The highest BCUT2D eigenvalue weighted by Crippen LogP contribution is 2.55. The Balaban J connectivity index is 1.34. The Morgan fingerprint density at radius 3 is 1.72 bits per heavy atom. The lowest BCUT2D eigenvalue weighted by atomic mass is 9.81. The summed E-state index contributed by atoms with van der Waals surface area (Å²) in [7, 11) is 0. The van der Waals surface area contributed by atoms with Crippen LogP contribution in [0.25, 0.3) is 115 Å². The van der Waals surface area contributed by atoms with Crippen molar-refractivity contribution in [1.29, 1.82) is 0 Å². The van der Waals surface area contributed by atoms with Crippen molar-refractivity contribution in [3.63, 3.8) is 0 Å². The maximum Gasteiger partial charge on any atom is 0.235 e. The molecule has 13 rings (SSSR count). The van der Waals surface area contributed by atoms with Crippen LogP contribution in [0.15, 0.2) is 176 Å². The summed E-state index contributed by atoms with van der Waals surface area (Å²) in [6.45, 7) is 4.78. The van der Waals surface area contributed by atoms with E-state index in [1.807, 2.05) is 0 Å². The van der Waals surface area contributed by atoms with Gasteiger partial charge in [0, 0.05) is 37.9 Å². The van der Waals surface area contributed by atoms with Crippen molar-refractivity contribution >= 4 is 86.6 Å². The summed E-state index contributed by atoms with van der Waals surface area (Å²) in [5, 5.41) is 15.8. The fourth-order valence-corrected chi connectivity index (χ4v) is 10.7. The van der Waals surface area contributed by atoms with Crippen LogP contribution < -0.4 is 0 Å². The summed E-state index contributed by atoms with van der Waals surface area (Å²) >= 11 is 0. The zero-order chi connectivity index (χ0) is 38.3. The molecule has 0 spiro atoms. The van der Waals surface area contributed by atoms with Crippen molar-refractivity contribution in [2.24, 2.45) is 0 Å². The van der Waals surface area contributed by atoms with Crippen molar-refractivity contribution in [2.75, 3.05) is 0 Å². The summed E-state index contributed by atoms with van der Waals surface area (Å²) in [6, 6.07) is 64.3. The van der Waals surface area contributed by atoms with Gasteiger partial charge in [0.1, 0.15) is 0 Å². The van der Waals surface area contributed by atoms with E-state index in [0.29, 0.717) is 5.95 Å². The Hall–Kier alpha value is -7.36. The van der Waals surface area contributed by atoms with Gasteiger partial charge in [0.2, 0.25) is 5.95 Å². The first kappa shape index (κ1) is 31.8. The molecule has 2 heterocycles. The number of hydrogen-bond donors (Lipinski definition) is 0. The van der Waals surface area contributed by atoms with Gasteiger partial charge in [-0.15, -0.1) is 0 Å². The van der Waals surface area contributed by atoms with E-state index >= 15 is 0 Å². The molecule has 10 aromatic carbocycles. The van der Waals surface area contributed by atoms with Gasteiger partial charge in [0.25, 0.3) is 0 Å². The molecule has 0 saturated heterocycles. The number of rotatable bonds is 2. The summed E-state index contributed by atoms with van der Waals surface area (Å²) in [6.07, 6.45) is 0. The molecular weight excluding hydrogens is 703 g/mol. The van der Waals surface area contributed by atoms with E-state index < -0.39 is 0 Å². The second-order valence-corrected chi connectivity index (χ2v) is 16.4. The van der Waals surface area contributed by atoms with E-state index in [2.05, 4.69) is 194 Å². The van der Waals surface area contributed by atoms with E-state index in [1.54, 1.807) is 0 Å². The summed E-state index contributed by atoms with van der Waals surface area (Å²) < 4.78 is 2.47. The Morgan fingerprint density at radius 1 is 0.397 bits per heavy atom. The lowest BCUT2D eigenvalue weighted by molar-refractivity contribution is 0.663. The summed E-state index contributed by atoms with van der Waals surface area (Å²) in [5.41, 5.74) is 10.2. The number of hydrogen-bond acceptors (Lipinski definition) is 2. The smallest absolute Gasteiger partial charge is 0.235 e. The molecule has 1 aliphatic rings. The highest BCUT2D eigenvalue weighted by atomic mass is 15.2. The summed E-state index contributed by atoms with van der Waals surface area (Å²) in [5.74, 6) is 0.676. The average Bonchev–Trinajstić information content (AvgIpc) is 3.75. The van der Waals surface area contributed by atoms with Gasteiger partial charge in [-0.05, 0) is 71.4 Å². The molecule has 270 valence electrons. The van der Waals surface area contributed by atoms with Crippen molar-refractivity contribution in [2.45, 2.75) is 19.3 Å². The summed E-state index contributed by atoms with van der Waals surface area (Å²) in [4.78, 5) is 11.4. The van der Waals surface area contributed by atoms with Crippen LogP contribution in [0.5, 0.6) is 0 Å². The Morgan fingerprint density at radius 2 is 0.983 bits per heavy atom. The maximum absolute atomic E-state index is 5.77. The monoisotopic (exact) mass is 737 g/mol. The van der Waals surface area contributed by atoms with Gasteiger partial charge in [0.05, 0.1) is 22.2 Å². The molecule has 2 aromatic heterocycles. The van der Waals surface area contributed by atoms with Crippen LogP contribution in [0.3, 0.4) is 0 Å². The molecule has 1 aliphatic carbocycles. The predicted octanol–water partition coefficient (Wildman–Crippen LogP) is 14.5. The van der Waals surface area contributed by atoms with Crippen LogP contribution in [-0.2, 0) is 5.41 Å². The van der Waals surface area contributed by atoms with Gasteiger partial charge in [-0.3, -0.25) is 4.57 Å². The van der Waals surface area contributed by atoms with Gasteiger partial charge >= 0.3 is 0 Å².